The van der Waals surface area contributed by atoms with Crippen LogP contribution in [0.1, 0.15) is 63.1 Å². The largest absolute Gasteiger partial charge is 0.383 e. The van der Waals surface area contributed by atoms with E-state index in [2.05, 4.69) is 36.1 Å². The fourth-order valence-corrected chi connectivity index (χ4v) is 3.78. The molecule has 1 aromatic heterocycles. The van der Waals surface area contributed by atoms with Crippen LogP contribution in [-0.4, -0.2) is 52.4 Å². The number of rotatable bonds is 2. The molecule has 1 fully saturated rings. The smallest absolute Gasteiger partial charge is 0.273 e. The zero-order valence-electron chi connectivity index (χ0n) is 16.2. The average Bonchev–Trinajstić information content (AvgIpc) is 2.69. The van der Waals surface area contributed by atoms with E-state index >= 15 is 0 Å². The molecule has 26 heavy (non-hydrogen) atoms. The Morgan fingerprint density at radius 1 is 1.19 bits per heavy atom. The van der Waals surface area contributed by atoms with Crippen LogP contribution in [0.3, 0.4) is 0 Å². The predicted octanol–water partition coefficient (Wildman–Crippen LogP) is 1.34. The maximum Gasteiger partial charge on any atom is 0.273 e. The minimum Gasteiger partial charge on any atom is -0.383 e. The van der Waals surface area contributed by atoms with Gasteiger partial charge in [0.25, 0.3) is 5.91 Å². The summed E-state index contributed by atoms with van der Waals surface area (Å²) in [5, 5.41) is 2.83. The van der Waals surface area contributed by atoms with Gasteiger partial charge in [0.2, 0.25) is 11.9 Å². The maximum atomic E-state index is 13.1. The fraction of sp³-hybridized carbons (Fsp3) is 0.667. The Morgan fingerprint density at radius 2 is 1.88 bits per heavy atom. The molecule has 2 aliphatic rings. The second-order valence-corrected chi connectivity index (χ2v) is 8.33. The summed E-state index contributed by atoms with van der Waals surface area (Å²) >= 11 is 0. The van der Waals surface area contributed by atoms with E-state index in [1.165, 1.54) is 0 Å². The molecule has 0 aromatic carbocycles. The van der Waals surface area contributed by atoms with Gasteiger partial charge >= 0.3 is 0 Å². The lowest BCUT2D eigenvalue weighted by atomic mass is 9.82. The summed E-state index contributed by atoms with van der Waals surface area (Å²) < 4.78 is 0. The molecule has 3 N–H and O–H groups in total. The molecule has 3 rings (SSSR count). The van der Waals surface area contributed by atoms with Crippen molar-refractivity contribution in [2.24, 2.45) is 5.41 Å². The third kappa shape index (κ3) is 3.08. The van der Waals surface area contributed by atoms with Gasteiger partial charge in [-0.15, -0.1) is 0 Å². The number of hydrogen-bond donors (Lipinski definition) is 2. The number of anilines is 2. The van der Waals surface area contributed by atoms with Crippen molar-refractivity contribution in [1.82, 2.24) is 20.2 Å². The molecule has 142 valence electrons. The van der Waals surface area contributed by atoms with E-state index < -0.39 is 0 Å². The number of nitrogens with one attached hydrogen (secondary N) is 1. The van der Waals surface area contributed by atoms with Crippen molar-refractivity contribution >= 4 is 23.6 Å². The van der Waals surface area contributed by atoms with Gasteiger partial charge in [-0.2, -0.15) is 4.98 Å². The Morgan fingerprint density at radius 3 is 2.50 bits per heavy atom. The Hall–Kier alpha value is -2.38. The quantitative estimate of drug-likeness (QED) is 0.825. The number of carbonyl (C=O) groups excluding carboxylic acids is 2. The summed E-state index contributed by atoms with van der Waals surface area (Å²) in [5.74, 6) is 0.681. The van der Waals surface area contributed by atoms with Gasteiger partial charge in [0.1, 0.15) is 11.5 Å². The maximum absolute atomic E-state index is 13.1. The van der Waals surface area contributed by atoms with Crippen molar-refractivity contribution in [2.75, 3.05) is 30.3 Å². The molecule has 0 bridgehead atoms. The van der Waals surface area contributed by atoms with E-state index in [0.29, 0.717) is 43.5 Å². The minimum absolute atomic E-state index is 0.0106. The summed E-state index contributed by atoms with van der Waals surface area (Å²) in [6.45, 7) is 11.9. The molecule has 2 aliphatic heterocycles. The van der Waals surface area contributed by atoms with Gasteiger partial charge in [-0.3, -0.25) is 9.59 Å². The van der Waals surface area contributed by atoms with Crippen LogP contribution >= 0.6 is 0 Å². The second kappa shape index (κ2) is 6.41. The second-order valence-electron chi connectivity index (χ2n) is 8.33. The lowest BCUT2D eigenvalue weighted by Crippen LogP contribution is -2.40. The summed E-state index contributed by atoms with van der Waals surface area (Å²) in [4.78, 5) is 37.5. The molecule has 1 saturated heterocycles. The first-order valence-electron chi connectivity index (χ1n) is 9.13. The summed E-state index contributed by atoms with van der Waals surface area (Å²) in [7, 11) is 0. The normalized spacial score (nSPS) is 21.1. The number of fused-ring (bicyclic) bond motifs is 1. The fourth-order valence-electron chi connectivity index (χ4n) is 3.78. The van der Waals surface area contributed by atoms with Crippen LogP contribution in [0.5, 0.6) is 0 Å². The van der Waals surface area contributed by atoms with Crippen molar-refractivity contribution in [3.05, 3.63) is 11.3 Å². The Balaban J connectivity index is 2.06. The standard InChI is InChI=1S/C18H28N6O2/c1-10(2)24-14(18(3,4)5)12-13(16(24)26)21-17(22-15(12)19)23-8-6-11(25)20-7-9-23/h10,14H,6-9H2,1-5H3,(H,20,25)(H2,19,21,22). The molecule has 1 atom stereocenters. The van der Waals surface area contributed by atoms with Crippen LogP contribution in [0.25, 0.3) is 0 Å². The number of amides is 2. The molecule has 8 nitrogen and oxygen atoms in total. The summed E-state index contributed by atoms with van der Waals surface area (Å²) in [6, 6.07) is -0.129. The SMILES string of the molecule is CC(C)N1C(=O)c2nc(N3CCNC(=O)CC3)nc(N)c2C1C(C)(C)C. The van der Waals surface area contributed by atoms with Crippen molar-refractivity contribution in [1.29, 1.82) is 0 Å². The first-order chi connectivity index (χ1) is 12.1. The monoisotopic (exact) mass is 360 g/mol. The van der Waals surface area contributed by atoms with Crippen molar-refractivity contribution in [2.45, 2.75) is 53.1 Å². The summed E-state index contributed by atoms with van der Waals surface area (Å²) in [5.41, 5.74) is 7.25. The lowest BCUT2D eigenvalue weighted by molar-refractivity contribution is -0.120. The highest BCUT2D eigenvalue weighted by Crippen LogP contribution is 2.47. The highest BCUT2D eigenvalue weighted by atomic mass is 16.2. The molecule has 1 unspecified atom stereocenters. The number of nitrogens with zero attached hydrogens (tertiary/aromatic N) is 4. The van der Waals surface area contributed by atoms with Gasteiger partial charge in [0.15, 0.2) is 0 Å². The Bertz CT molecular complexity index is 740. The van der Waals surface area contributed by atoms with E-state index in [0.717, 1.165) is 5.56 Å². The molecule has 2 amide bonds. The van der Waals surface area contributed by atoms with Gasteiger partial charge in [-0.05, 0) is 19.3 Å². The third-order valence-electron chi connectivity index (χ3n) is 4.92. The molecular formula is C18H28N6O2. The molecule has 1 aromatic rings. The number of carbonyl (C=O) groups is 2. The van der Waals surface area contributed by atoms with Crippen LogP contribution in [-0.2, 0) is 4.79 Å². The van der Waals surface area contributed by atoms with Crippen LogP contribution in [0.2, 0.25) is 0 Å². The van der Waals surface area contributed by atoms with Crippen LogP contribution in [0.15, 0.2) is 0 Å². The first kappa shape index (κ1) is 18.4. The van der Waals surface area contributed by atoms with Crippen molar-refractivity contribution in [3.8, 4) is 0 Å². The summed E-state index contributed by atoms with van der Waals surface area (Å²) in [6.07, 6.45) is 0.372. The van der Waals surface area contributed by atoms with Gasteiger partial charge in [-0.25, -0.2) is 4.98 Å². The van der Waals surface area contributed by atoms with E-state index in [4.69, 9.17) is 5.73 Å². The topological polar surface area (TPSA) is 104 Å². The molecule has 0 spiro atoms. The Kier molecular flexibility index (Phi) is 4.54. The molecule has 0 aliphatic carbocycles. The zero-order chi connectivity index (χ0) is 19.2. The first-order valence-corrected chi connectivity index (χ1v) is 9.13. The predicted molar refractivity (Wildman–Crippen MR) is 99.8 cm³/mol. The lowest BCUT2D eigenvalue weighted by Gasteiger charge is -2.38. The minimum atomic E-state index is -0.191. The van der Waals surface area contributed by atoms with Crippen molar-refractivity contribution in [3.63, 3.8) is 0 Å². The van der Waals surface area contributed by atoms with Crippen LogP contribution < -0.4 is 16.0 Å². The average molecular weight is 360 g/mol. The Labute approximate surface area is 154 Å². The molecule has 8 heteroatoms. The van der Waals surface area contributed by atoms with Gasteiger partial charge in [-0.1, -0.05) is 20.8 Å². The number of nitrogen functional groups attached to an aromatic ring is 1. The van der Waals surface area contributed by atoms with Crippen molar-refractivity contribution < 1.29 is 9.59 Å². The molecule has 3 heterocycles. The van der Waals surface area contributed by atoms with E-state index in [1.807, 2.05) is 23.6 Å². The van der Waals surface area contributed by atoms with E-state index in [9.17, 15) is 9.59 Å². The highest BCUT2D eigenvalue weighted by Gasteiger charge is 2.47. The highest BCUT2D eigenvalue weighted by molar-refractivity contribution is 5.99. The number of hydrogen-bond acceptors (Lipinski definition) is 6. The zero-order valence-corrected chi connectivity index (χ0v) is 16.2. The van der Waals surface area contributed by atoms with E-state index in [1.54, 1.807) is 0 Å². The van der Waals surface area contributed by atoms with Gasteiger partial charge in [0.05, 0.1) is 6.04 Å². The third-order valence-corrected chi connectivity index (χ3v) is 4.92. The molecule has 0 saturated carbocycles. The van der Waals surface area contributed by atoms with Crippen LogP contribution in [0.4, 0.5) is 11.8 Å². The molecular weight excluding hydrogens is 332 g/mol. The number of nitrogens with two attached hydrogens (primary N) is 1. The van der Waals surface area contributed by atoms with Gasteiger partial charge in [0, 0.05) is 37.7 Å². The van der Waals surface area contributed by atoms with E-state index in [-0.39, 0.29) is 29.3 Å². The number of aromatic nitrogens is 2. The molecule has 0 radical (unpaired) electrons. The van der Waals surface area contributed by atoms with Crippen LogP contribution in [0, 0.1) is 5.41 Å². The van der Waals surface area contributed by atoms with Gasteiger partial charge < -0.3 is 20.9 Å².